The highest BCUT2D eigenvalue weighted by Gasteiger charge is 2.00. The van der Waals surface area contributed by atoms with Gasteiger partial charge in [-0.15, -0.1) is 11.3 Å². The smallest absolute Gasteiger partial charge is 0.166 e. The lowest BCUT2D eigenvalue weighted by Crippen LogP contribution is -2.40. The molecule has 0 spiro atoms. The van der Waals surface area contributed by atoms with Gasteiger partial charge in [0.25, 0.3) is 0 Å². The van der Waals surface area contributed by atoms with Crippen molar-refractivity contribution in [2.45, 2.75) is 33.2 Å². The molecule has 15 heavy (non-hydrogen) atoms. The first-order chi connectivity index (χ1) is 7.08. The molecule has 0 bridgehead atoms. The first-order valence-corrected chi connectivity index (χ1v) is 6.32. The zero-order valence-electron chi connectivity index (χ0n) is 9.33. The van der Waals surface area contributed by atoms with E-state index in [9.17, 15) is 0 Å². The standard InChI is InChI=1S/C10H17N3S2/c1-7(2)12-10(14)11-5-4-9-13-8(3)6-15-9/h6-7H,4-5H2,1-3H3,(H2,11,12,14). The van der Waals surface area contributed by atoms with E-state index in [4.69, 9.17) is 12.2 Å². The molecule has 3 nitrogen and oxygen atoms in total. The second-order valence-corrected chi connectivity index (χ2v) is 5.04. The van der Waals surface area contributed by atoms with Crippen LogP contribution >= 0.6 is 23.6 Å². The van der Waals surface area contributed by atoms with Gasteiger partial charge in [0.1, 0.15) is 0 Å². The van der Waals surface area contributed by atoms with Crippen LogP contribution < -0.4 is 10.6 Å². The molecule has 0 aliphatic heterocycles. The van der Waals surface area contributed by atoms with Crippen molar-refractivity contribution in [1.29, 1.82) is 0 Å². The molecule has 0 saturated carbocycles. The maximum atomic E-state index is 5.11. The van der Waals surface area contributed by atoms with E-state index in [1.165, 1.54) is 0 Å². The minimum atomic E-state index is 0.382. The van der Waals surface area contributed by atoms with Crippen LogP contribution in [0.15, 0.2) is 5.38 Å². The molecular formula is C10H17N3S2. The van der Waals surface area contributed by atoms with Crippen molar-refractivity contribution in [1.82, 2.24) is 15.6 Å². The van der Waals surface area contributed by atoms with E-state index < -0.39 is 0 Å². The Morgan fingerprint density at radius 1 is 1.60 bits per heavy atom. The molecule has 0 aliphatic carbocycles. The molecule has 0 radical (unpaired) electrons. The SMILES string of the molecule is Cc1csc(CCNC(=S)NC(C)C)n1. The van der Waals surface area contributed by atoms with Crippen LogP contribution in [0.1, 0.15) is 24.5 Å². The summed E-state index contributed by atoms with van der Waals surface area (Å²) in [5, 5.41) is 10.2. The van der Waals surface area contributed by atoms with E-state index in [1.807, 2.05) is 6.92 Å². The van der Waals surface area contributed by atoms with Crippen LogP contribution in [-0.4, -0.2) is 22.7 Å². The number of thiazole rings is 1. The Morgan fingerprint density at radius 2 is 2.33 bits per heavy atom. The molecule has 0 saturated heterocycles. The molecule has 2 N–H and O–H groups in total. The zero-order valence-corrected chi connectivity index (χ0v) is 11.0. The molecule has 1 aromatic rings. The first kappa shape index (κ1) is 12.4. The Labute approximate surface area is 100 Å². The molecule has 1 rings (SSSR count). The van der Waals surface area contributed by atoms with Crippen LogP contribution in [0.2, 0.25) is 0 Å². The summed E-state index contributed by atoms with van der Waals surface area (Å²) >= 11 is 6.81. The quantitative estimate of drug-likeness (QED) is 0.792. The summed E-state index contributed by atoms with van der Waals surface area (Å²) in [6, 6.07) is 0.382. The number of aryl methyl sites for hydroxylation is 1. The highest BCUT2D eigenvalue weighted by atomic mass is 32.1. The first-order valence-electron chi connectivity index (χ1n) is 5.03. The summed E-state index contributed by atoms with van der Waals surface area (Å²) in [5.41, 5.74) is 1.10. The van der Waals surface area contributed by atoms with Crippen LogP contribution in [0.5, 0.6) is 0 Å². The van der Waals surface area contributed by atoms with Crippen LogP contribution in [-0.2, 0) is 6.42 Å². The number of hydrogen-bond acceptors (Lipinski definition) is 3. The molecule has 0 aliphatic rings. The predicted molar refractivity (Wildman–Crippen MR) is 69.4 cm³/mol. The van der Waals surface area contributed by atoms with Gasteiger partial charge < -0.3 is 10.6 Å². The lowest BCUT2D eigenvalue weighted by molar-refractivity contribution is 0.710. The molecule has 0 fully saturated rings. The van der Waals surface area contributed by atoms with Crippen molar-refractivity contribution in [2.24, 2.45) is 0 Å². The summed E-state index contributed by atoms with van der Waals surface area (Å²) in [5.74, 6) is 0. The zero-order chi connectivity index (χ0) is 11.3. The summed E-state index contributed by atoms with van der Waals surface area (Å²) < 4.78 is 0. The van der Waals surface area contributed by atoms with Gasteiger partial charge in [0.2, 0.25) is 0 Å². The lowest BCUT2D eigenvalue weighted by atomic mass is 10.4. The Hall–Kier alpha value is -0.680. The van der Waals surface area contributed by atoms with Gasteiger partial charge in [0.15, 0.2) is 5.11 Å². The number of thiocarbonyl (C=S) groups is 1. The van der Waals surface area contributed by atoms with E-state index in [0.29, 0.717) is 6.04 Å². The summed E-state index contributed by atoms with van der Waals surface area (Å²) in [6.07, 6.45) is 0.929. The van der Waals surface area contributed by atoms with Crippen LogP contribution in [0.3, 0.4) is 0 Å². The Balaban J connectivity index is 2.19. The van der Waals surface area contributed by atoms with Crippen LogP contribution in [0, 0.1) is 6.92 Å². The summed E-state index contributed by atoms with van der Waals surface area (Å²) in [7, 11) is 0. The fraction of sp³-hybridized carbons (Fsp3) is 0.600. The van der Waals surface area contributed by atoms with Gasteiger partial charge in [0.05, 0.1) is 5.01 Å². The van der Waals surface area contributed by atoms with Crippen molar-refractivity contribution in [3.8, 4) is 0 Å². The maximum Gasteiger partial charge on any atom is 0.166 e. The fourth-order valence-electron chi connectivity index (χ4n) is 1.11. The molecule has 0 unspecified atom stereocenters. The minimum absolute atomic E-state index is 0.382. The highest BCUT2D eigenvalue weighted by molar-refractivity contribution is 7.80. The Kier molecular flexibility index (Phi) is 4.98. The lowest BCUT2D eigenvalue weighted by Gasteiger charge is -2.12. The Morgan fingerprint density at radius 3 is 2.87 bits per heavy atom. The summed E-state index contributed by atoms with van der Waals surface area (Å²) in [4.78, 5) is 4.38. The fourth-order valence-corrected chi connectivity index (χ4v) is 2.23. The number of aromatic nitrogens is 1. The average Bonchev–Trinajstić information content (AvgIpc) is 2.50. The van der Waals surface area contributed by atoms with Gasteiger partial charge >= 0.3 is 0 Å². The van der Waals surface area contributed by atoms with Crippen LogP contribution in [0.4, 0.5) is 0 Å². The third kappa shape index (κ3) is 5.09. The van der Waals surface area contributed by atoms with Crippen molar-refractivity contribution in [3.05, 3.63) is 16.1 Å². The third-order valence-electron chi connectivity index (χ3n) is 1.71. The van der Waals surface area contributed by atoms with Gasteiger partial charge in [-0.05, 0) is 33.0 Å². The largest absolute Gasteiger partial charge is 0.362 e. The van der Waals surface area contributed by atoms with E-state index in [2.05, 4.69) is 34.8 Å². The van der Waals surface area contributed by atoms with Gasteiger partial charge in [0, 0.05) is 30.1 Å². The number of nitrogens with zero attached hydrogens (tertiary/aromatic N) is 1. The molecular weight excluding hydrogens is 226 g/mol. The summed E-state index contributed by atoms with van der Waals surface area (Å²) in [6.45, 7) is 6.99. The molecule has 84 valence electrons. The Bertz CT molecular complexity index is 320. The second kappa shape index (κ2) is 6.02. The third-order valence-corrected chi connectivity index (χ3v) is 3.00. The molecule has 0 aromatic carbocycles. The number of rotatable bonds is 4. The van der Waals surface area contributed by atoms with E-state index in [1.54, 1.807) is 11.3 Å². The second-order valence-electron chi connectivity index (χ2n) is 3.69. The normalized spacial score (nSPS) is 10.4. The number of nitrogens with one attached hydrogen (secondary N) is 2. The predicted octanol–water partition coefficient (Wildman–Crippen LogP) is 1.87. The van der Waals surface area contributed by atoms with Crippen molar-refractivity contribution < 1.29 is 0 Å². The molecule has 0 amide bonds. The molecule has 1 aromatic heterocycles. The van der Waals surface area contributed by atoms with Gasteiger partial charge in [-0.3, -0.25) is 0 Å². The van der Waals surface area contributed by atoms with E-state index in [0.717, 1.165) is 28.8 Å². The van der Waals surface area contributed by atoms with Crippen molar-refractivity contribution in [2.75, 3.05) is 6.54 Å². The molecule has 1 heterocycles. The van der Waals surface area contributed by atoms with Gasteiger partial charge in [-0.1, -0.05) is 0 Å². The minimum Gasteiger partial charge on any atom is -0.362 e. The van der Waals surface area contributed by atoms with Crippen molar-refractivity contribution in [3.63, 3.8) is 0 Å². The average molecular weight is 243 g/mol. The topological polar surface area (TPSA) is 37.0 Å². The van der Waals surface area contributed by atoms with Gasteiger partial charge in [-0.25, -0.2) is 4.98 Å². The molecule has 5 heteroatoms. The monoisotopic (exact) mass is 243 g/mol. The van der Waals surface area contributed by atoms with Crippen molar-refractivity contribution >= 4 is 28.7 Å². The van der Waals surface area contributed by atoms with Crippen LogP contribution in [0.25, 0.3) is 0 Å². The van der Waals surface area contributed by atoms with Gasteiger partial charge in [-0.2, -0.15) is 0 Å². The highest BCUT2D eigenvalue weighted by Crippen LogP contribution is 2.08. The van der Waals surface area contributed by atoms with E-state index in [-0.39, 0.29) is 0 Å². The maximum absolute atomic E-state index is 5.11. The van der Waals surface area contributed by atoms with E-state index >= 15 is 0 Å². The number of hydrogen-bond donors (Lipinski definition) is 2. The molecule has 0 atom stereocenters.